The Kier molecular flexibility index (Phi) is 7.94. The number of aromatic nitrogens is 2. The number of nitrogens with one attached hydrogen (secondary N) is 1. The molecule has 10 heteroatoms. The summed E-state index contributed by atoms with van der Waals surface area (Å²) in [5.41, 5.74) is 2.64. The number of ether oxygens (including phenoxy) is 2. The van der Waals surface area contributed by atoms with Crippen molar-refractivity contribution in [2.75, 3.05) is 12.4 Å². The number of esters is 1. The maximum absolute atomic E-state index is 13.2. The van der Waals surface area contributed by atoms with Gasteiger partial charge in [-0.2, -0.15) is 0 Å². The summed E-state index contributed by atoms with van der Waals surface area (Å²) in [6.45, 7) is 1.41. The zero-order chi connectivity index (χ0) is 25.8. The molecule has 2 heterocycles. The van der Waals surface area contributed by atoms with Crippen LogP contribution in [-0.4, -0.2) is 29.0 Å². The second-order valence-corrected chi connectivity index (χ2v) is 9.03. The van der Waals surface area contributed by atoms with Gasteiger partial charge in [0.25, 0.3) is 0 Å². The third-order valence-corrected chi connectivity index (χ3v) is 6.28. The van der Waals surface area contributed by atoms with Crippen molar-refractivity contribution in [3.05, 3.63) is 92.8 Å². The van der Waals surface area contributed by atoms with Gasteiger partial charge in [0, 0.05) is 42.4 Å². The molecule has 2 aromatic carbocycles. The zero-order valence-electron chi connectivity index (χ0n) is 19.2. The maximum Gasteiger partial charge on any atom is 0.338 e. The summed E-state index contributed by atoms with van der Waals surface area (Å²) in [5, 5.41) is 4.35. The van der Waals surface area contributed by atoms with Crippen molar-refractivity contribution >= 4 is 63.3 Å². The topological polar surface area (TPSA) is 90.4 Å². The molecule has 0 radical (unpaired) electrons. The molecule has 0 bridgehead atoms. The van der Waals surface area contributed by atoms with Gasteiger partial charge >= 0.3 is 5.97 Å². The van der Waals surface area contributed by atoms with E-state index in [1.165, 1.54) is 26.4 Å². The Hall–Kier alpha value is -3.39. The molecule has 2 aromatic heterocycles. The molecule has 4 rings (SSSR count). The minimum atomic E-state index is -0.790. The van der Waals surface area contributed by atoms with Gasteiger partial charge in [0.15, 0.2) is 0 Å². The molecule has 1 unspecified atom stereocenters. The predicted molar refractivity (Wildman–Crippen MR) is 140 cm³/mol. The smallest absolute Gasteiger partial charge is 0.338 e. The molecule has 0 aliphatic carbocycles. The molecule has 4 aromatic rings. The number of hydrogen-bond donors (Lipinski definition) is 1. The van der Waals surface area contributed by atoms with E-state index >= 15 is 0 Å². The molecule has 1 amide bonds. The molecular weight excluding hydrogens is 525 g/mol. The number of rotatable bonds is 7. The number of methoxy groups -OCH3 is 1. The first-order valence-electron chi connectivity index (χ1n) is 10.8. The Morgan fingerprint density at radius 1 is 0.972 bits per heavy atom. The van der Waals surface area contributed by atoms with Crippen LogP contribution in [0, 0.1) is 0 Å². The van der Waals surface area contributed by atoms with Crippen molar-refractivity contribution < 1.29 is 19.1 Å². The van der Waals surface area contributed by atoms with Crippen LogP contribution in [0.4, 0.5) is 5.69 Å². The van der Waals surface area contributed by atoms with Gasteiger partial charge in [0.1, 0.15) is 22.5 Å². The molecular formula is C26H20Cl3N3O4. The highest BCUT2D eigenvalue weighted by atomic mass is 35.5. The molecule has 1 N–H and O–H groups in total. The first kappa shape index (κ1) is 25.7. The van der Waals surface area contributed by atoms with Gasteiger partial charge in [0.2, 0.25) is 5.91 Å². The van der Waals surface area contributed by atoms with Gasteiger partial charge in [-0.25, -0.2) is 9.78 Å². The highest BCUT2D eigenvalue weighted by Gasteiger charge is 2.25. The molecule has 1 atom stereocenters. The summed E-state index contributed by atoms with van der Waals surface area (Å²) >= 11 is 18.9. The highest BCUT2D eigenvalue weighted by molar-refractivity contribution is 6.35. The second-order valence-electron chi connectivity index (χ2n) is 7.83. The number of hydrogen-bond acceptors (Lipinski definition) is 6. The van der Waals surface area contributed by atoms with Crippen LogP contribution in [-0.2, 0) is 16.0 Å². The summed E-state index contributed by atoms with van der Waals surface area (Å²) < 4.78 is 11.5. The monoisotopic (exact) mass is 543 g/mol. The lowest BCUT2D eigenvalue weighted by atomic mass is 9.97. The van der Waals surface area contributed by atoms with E-state index in [0.717, 1.165) is 0 Å². The maximum atomic E-state index is 13.2. The normalized spacial score (nSPS) is 11.7. The third-order valence-electron chi connectivity index (χ3n) is 5.42. The van der Waals surface area contributed by atoms with Gasteiger partial charge in [0.05, 0.1) is 22.7 Å². The Balaban J connectivity index is 1.76. The molecule has 0 aliphatic rings. The zero-order valence-corrected chi connectivity index (χ0v) is 21.5. The van der Waals surface area contributed by atoms with E-state index < -0.39 is 12.1 Å². The van der Waals surface area contributed by atoms with Crippen LogP contribution in [0.5, 0.6) is 5.75 Å². The lowest BCUT2D eigenvalue weighted by molar-refractivity contribution is -0.114. The number of amides is 1. The minimum Gasteiger partial charge on any atom is -0.494 e. The van der Waals surface area contributed by atoms with Crippen molar-refractivity contribution in [2.45, 2.75) is 19.4 Å². The van der Waals surface area contributed by atoms with Crippen molar-refractivity contribution in [1.82, 2.24) is 9.97 Å². The molecule has 36 heavy (non-hydrogen) atoms. The van der Waals surface area contributed by atoms with Crippen molar-refractivity contribution in [3.63, 3.8) is 0 Å². The Labute approximate surface area is 222 Å². The molecule has 184 valence electrons. The summed E-state index contributed by atoms with van der Waals surface area (Å²) in [6.07, 6.45) is 2.35. The average molecular weight is 545 g/mol. The van der Waals surface area contributed by atoms with Crippen LogP contribution in [0.1, 0.15) is 34.5 Å². The SMILES string of the molecule is COc1ccc(C(Cc2c(Cl)cncc2Cl)OC(=O)c2ccc(NC(C)=O)cc2)c2ccc(Cl)nc12. The number of halogens is 3. The van der Waals surface area contributed by atoms with Gasteiger partial charge in [-0.05, 0) is 48.0 Å². The number of carbonyl (C=O) groups is 2. The van der Waals surface area contributed by atoms with Crippen LogP contribution in [0.25, 0.3) is 10.9 Å². The summed E-state index contributed by atoms with van der Waals surface area (Å²) in [5.74, 6) is -0.256. The number of anilines is 1. The summed E-state index contributed by atoms with van der Waals surface area (Å²) in [6, 6.07) is 13.4. The summed E-state index contributed by atoms with van der Waals surface area (Å²) in [7, 11) is 1.54. The average Bonchev–Trinajstić information content (AvgIpc) is 2.85. The molecule has 0 spiro atoms. The third kappa shape index (κ3) is 5.70. The van der Waals surface area contributed by atoms with Crippen LogP contribution in [0.2, 0.25) is 15.2 Å². The Bertz CT molecular complexity index is 1420. The quantitative estimate of drug-likeness (QED) is 0.206. The van der Waals surface area contributed by atoms with Gasteiger partial charge in [-0.15, -0.1) is 0 Å². The van der Waals surface area contributed by atoms with Crippen LogP contribution in [0.3, 0.4) is 0 Å². The number of pyridine rings is 2. The first-order valence-corrected chi connectivity index (χ1v) is 11.9. The second kappa shape index (κ2) is 11.1. The Morgan fingerprint density at radius 3 is 2.31 bits per heavy atom. The predicted octanol–water partition coefficient (Wildman–Crippen LogP) is 6.70. The lowest BCUT2D eigenvalue weighted by Crippen LogP contribution is -2.15. The number of nitrogens with zero attached hydrogens (tertiary/aromatic N) is 2. The molecule has 7 nitrogen and oxygen atoms in total. The van der Waals surface area contributed by atoms with E-state index in [2.05, 4.69) is 15.3 Å². The van der Waals surface area contributed by atoms with E-state index in [1.807, 2.05) is 0 Å². The van der Waals surface area contributed by atoms with E-state index in [0.29, 0.717) is 54.2 Å². The van der Waals surface area contributed by atoms with E-state index in [-0.39, 0.29) is 12.3 Å². The van der Waals surface area contributed by atoms with Crippen molar-refractivity contribution in [3.8, 4) is 5.75 Å². The molecule has 0 saturated heterocycles. The van der Waals surface area contributed by atoms with Gasteiger partial charge in [-0.3, -0.25) is 9.78 Å². The first-order chi connectivity index (χ1) is 17.3. The fourth-order valence-electron chi connectivity index (χ4n) is 3.76. The number of carbonyl (C=O) groups excluding carboxylic acids is 2. The molecule has 0 saturated carbocycles. The minimum absolute atomic E-state index is 0.181. The van der Waals surface area contributed by atoms with Crippen LogP contribution < -0.4 is 10.1 Å². The van der Waals surface area contributed by atoms with Gasteiger partial charge < -0.3 is 14.8 Å². The molecule has 0 aliphatic heterocycles. The summed E-state index contributed by atoms with van der Waals surface area (Å²) in [4.78, 5) is 32.9. The van der Waals surface area contributed by atoms with Gasteiger partial charge in [-0.1, -0.05) is 40.9 Å². The highest BCUT2D eigenvalue weighted by Crippen LogP contribution is 2.37. The fraction of sp³-hybridized carbons (Fsp3) is 0.154. The number of fused-ring (bicyclic) bond motifs is 1. The largest absolute Gasteiger partial charge is 0.494 e. The van der Waals surface area contributed by atoms with Crippen LogP contribution >= 0.6 is 34.8 Å². The fourth-order valence-corrected chi connectivity index (χ4v) is 4.43. The van der Waals surface area contributed by atoms with Crippen molar-refractivity contribution in [1.29, 1.82) is 0 Å². The van der Waals surface area contributed by atoms with E-state index in [4.69, 9.17) is 44.3 Å². The van der Waals surface area contributed by atoms with E-state index in [9.17, 15) is 9.59 Å². The molecule has 0 fully saturated rings. The van der Waals surface area contributed by atoms with E-state index in [1.54, 1.807) is 48.5 Å². The number of benzene rings is 2. The van der Waals surface area contributed by atoms with Crippen molar-refractivity contribution in [2.24, 2.45) is 0 Å². The Morgan fingerprint density at radius 2 is 1.67 bits per heavy atom. The van der Waals surface area contributed by atoms with Crippen LogP contribution in [0.15, 0.2) is 60.9 Å². The standard InChI is InChI=1S/C26H20Cl3N3O4/c1-14(33)31-16-5-3-15(4-6-16)26(34)36-23(11-19-20(27)12-30-13-21(19)28)17-7-9-22(35-2)25-18(17)8-10-24(29)32-25/h3-10,12-13,23H,11H2,1-2H3,(H,31,33). The lowest BCUT2D eigenvalue weighted by Gasteiger charge is -2.22.